The van der Waals surface area contributed by atoms with Crippen LogP contribution in [-0.2, 0) is 6.54 Å². The van der Waals surface area contributed by atoms with Crippen LogP contribution in [0.25, 0.3) is 10.9 Å². The zero-order valence-electron chi connectivity index (χ0n) is 14.6. The summed E-state index contributed by atoms with van der Waals surface area (Å²) in [4.78, 5) is 20.8. The first-order valence-corrected chi connectivity index (χ1v) is 9.88. The van der Waals surface area contributed by atoms with Crippen LogP contribution in [0.15, 0.2) is 41.8 Å². The number of piperazine rings is 1. The summed E-state index contributed by atoms with van der Waals surface area (Å²) in [6.07, 6.45) is 0. The zero-order valence-corrected chi connectivity index (χ0v) is 15.4. The maximum absolute atomic E-state index is 12.9. The number of hydrogen-bond donors (Lipinski definition) is 3. The molecule has 0 unspecified atom stereocenters. The van der Waals surface area contributed by atoms with Crippen molar-refractivity contribution in [3.63, 3.8) is 0 Å². The van der Waals surface area contributed by atoms with Crippen molar-refractivity contribution < 1.29 is 14.6 Å². The quantitative estimate of drug-likeness (QED) is 0.580. The SMILES string of the molecule is Cc1[nH]c2ccccc2c1C(=O)C[NH+]1CC[NH+](Cc2cccs2)CC1. The predicted octanol–water partition coefficient (Wildman–Crippen LogP) is 0.704. The predicted molar refractivity (Wildman–Crippen MR) is 102 cm³/mol. The van der Waals surface area contributed by atoms with Gasteiger partial charge < -0.3 is 14.8 Å². The van der Waals surface area contributed by atoms with Gasteiger partial charge in [-0.1, -0.05) is 24.3 Å². The fraction of sp³-hybridized carbons (Fsp3) is 0.350. The third-order valence-corrected chi connectivity index (χ3v) is 6.13. The maximum atomic E-state index is 12.9. The number of benzene rings is 1. The number of aromatic amines is 1. The maximum Gasteiger partial charge on any atom is 0.219 e. The van der Waals surface area contributed by atoms with Gasteiger partial charge in [-0.25, -0.2) is 0 Å². The second kappa shape index (κ2) is 7.12. The summed E-state index contributed by atoms with van der Waals surface area (Å²) < 4.78 is 0. The molecule has 0 bridgehead atoms. The normalized spacial score (nSPS) is 20.8. The molecule has 4 nitrogen and oxygen atoms in total. The molecule has 25 heavy (non-hydrogen) atoms. The van der Waals surface area contributed by atoms with E-state index < -0.39 is 0 Å². The van der Waals surface area contributed by atoms with Gasteiger partial charge in [-0.15, -0.1) is 11.3 Å². The van der Waals surface area contributed by atoms with Gasteiger partial charge in [-0.3, -0.25) is 4.79 Å². The van der Waals surface area contributed by atoms with E-state index in [1.165, 1.54) is 9.78 Å². The van der Waals surface area contributed by atoms with Gasteiger partial charge in [-0.2, -0.15) is 0 Å². The number of rotatable bonds is 5. The number of Topliss-reactive ketones (excluding diaryl/α,β-unsaturated/α-hetero) is 1. The number of carbonyl (C=O) groups is 1. The van der Waals surface area contributed by atoms with Gasteiger partial charge in [0.15, 0.2) is 0 Å². The highest BCUT2D eigenvalue weighted by Gasteiger charge is 2.27. The molecule has 130 valence electrons. The Balaban J connectivity index is 1.38. The number of aromatic nitrogens is 1. The topological polar surface area (TPSA) is 41.7 Å². The van der Waals surface area contributed by atoms with Crippen LogP contribution in [0.4, 0.5) is 0 Å². The number of aryl methyl sites for hydroxylation is 1. The van der Waals surface area contributed by atoms with Gasteiger partial charge in [0.25, 0.3) is 0 Å². The van der Waals surface area contributed by atoms with Gasteiger partial charge in [-0.05, 0) is 24.4 Å². The first kappa shape index (κ1) is 16.5. The third-order valence-electron chi connectivity index (χ3n) is 5.25. The molecule has 4 rings (SSSR count). The van der Waals surface area contributed by atoms with Crippen molar-refractivity contribution in [1.29, 1.82) is 0 Å². The third kappa shape index (κ3) is 3.54. The molecule has 3 N–H and O–H groups in total. The molecule has 3 heterocycles. The van der Waals surface area contributed by atoms with E-state index >= 15 is 0 Å². The standard InChI is InChI=1S/C20H23N3OS/c1-15-20(17-6-2-3-7-18(17)21-15)19(24)14-23-10-8-22(9-11-23)13-16-5-4-12-25-16/h2-7,12,21H,8-11,13-14H2,1H3/p+2. The average Bonchev–Trinajstić information content (AvgIpc) is 3.23. The van der Waals surface area contributed by atoms with Crippen molar-refractivity contribution in [3.05, 3.63) is 57.9 Å². The van der Waals surface area contributed by atoms with Crippen LogP contribution in [0, 0.1) is 6.92 Å². The number of quaternary nitrogens is 2. The van der Waals surface area contributed by atoms with Crippen molar-refractivity contribution in [2.45, 2.75) is 13.5 Å². The summed E-state index contributed by atoms with van der Waals surface area (Å²) in [5.41, 5.74) is 2.94. The number of nitrogens with one attached hydrogen (secondary N) is 3. The molecule has 3 aromatic rings. The molecule has 1 saturated heterocycles. The Morgan fingerprint density at radius 2 is 1.84 bits per heavy atom. The van der Waals surface area contributed by atoms with E-state index in [2.05, 4.69) is 22.5 Å². The molecular weight excluding hydrogens is 330 g/mol. The lowest BCUT2D eigenvalue weighted by Crippen LogP contribution is -3.27. The zero-order chi connectivity index (χ0) is 17.2. The average molecular weight is 356 g/mol. The second-order valence-corrected chi connectivity index (χ2v) is 8.06. The Bertz CT molecular complexity index is 860. The first-order valence-electron chi connectivity index (χ1n) is 9.01. The molecule has 1 aromatic carbocycles. The summed E-state index contributed by atoms with van der Waals surface area (Å²) >= 11 is 1.84. The number of ketones is 1. The van der Waals surface area contributed by atoms with Gasteiger partial charge in [0.2, 0.25) is 5.78 Å². The minimum absolute atomic E-state index is 0.270. The molecule has 0 saturated carbocycles. The molecule has 1 fully saturated rings. The largest absolute Gasteiger partial charge is 0.358 e. The number of hydrogen-bond acceptors (Lipinski definition) is 2. The monoisotopic (exact) mass is 355 g/mol. The lowest BCUT2D eigenvalue weighted by atomic mass is 10.1. The molecular formula is C20H25N3OS+2. The lowest BCUT2D eigenvalue weighted by molar-refractivity contribution is -1.01. The summed E-state index contributed by atoms with van der Waals surface area (Å²) in [6.45, 7) is 8.18. The van der Waals surface area contributed by atoms with E-state index in [-0.39, 0.29) is 5.78 Å². The van der Waals surface area contributed by atoms with Crippen molar-refractivity contribution in [3.8, 4) is 0 Å². The van der Waals surface area contributed by atoms with Crippen LogP contribution < -0.4 is 9.80 Å². The van der Waals surface area contributed by atoms with Gasteiger partial charge in [0.1, 0.15) is 39.3 Å². The van der Waals surface area contributed by atoms with E-state index in [9.17, 15) is 4.79 Å². The number of para-hydroxylation sites is 1. The molecule has 0 atom stereocenters. The summed E-state index contributed by atoms with van der Waals surface area (Å²) in [6, 6.07) is 12.5. The van der Waals surface area contributed by atoms with E-state index in [1.54, 1.807) is 4.90 Å². The molecule has 2 aromatic heterocycles. The molecule has 0 radical (unpaired) electrons. The number of carbonyl (C=O) groups excluding carboxylic acids is 1. The fourth-order valence-electron chi connectivity index (χ4n) is 3.92. The van der Waals surface area contributed by atoms with E-state index in [1.807, 2.05) is 42.5 Å². The van der Waals surface area contributed by atoms with Gasteiger partial charge in [0, 0.05) is 16.6 Å². The molecule has 0 amide bonds. The van der Waals surface area contributed by atoms with Gasteiger partial charge in [0.05, 0.1) is 10.4 Å². The fourth-order valence-corrected chi connectivity index (χ4v) is 4.70. The minimum Gasteiger partial charge on any atom is -0.358 e. The Morgan fingerprint density at radius 3 is 2.60 bits per heavy atom. The molecule has 0 spiro atoms. The lowest BCUT2D eigenvalue weighted by Gasteiger charge is -2.29. The number of fused-ring (bicyclic) bond motifs is 1. The molecule has 5 heteroatoms. The van der Waals surface area contributed by atoms with Crippen LogP contribution in [0.3, 0.4) is 0 Å². The van der Waals surface area contributed by atoms with Gasteiger partial charge >= 0.3 is 0 Å². The van der Waals surface area contributed by atoms with Crippen LogP contribution in [0.5, 0.6) is 0 Å². The number of thiophene rings is 1. The summed E-state index contributed by atoms with van der Waals surface area (Å²) in [7, 11) is 0. The Morgan fingerprint density at radius 1 is 1.08 bits per heavy atom. The van der Waals surface area contributed by atoms with Crippen molar-refractivity contribution >= 4 is 28.0 Å². The Hall–Kier alpha value is -1.95. The highest BCUT2D eigenvalue weighted by molar-refractivity contribution is 7.09. The minimum atomic E-state index is 0.270. The van der Waals surface area contributed by atoms with E-state index in [4.69, 9.17) is 0 Å². The molecule has 1 aliphatic heterocycles. The van der Waals surface area contributed by atoms with Crippen LogP contribution in [0.2, 0.25) is 0 Å². The first-order chi connectivity index (χ1) is 12.2. The summed E-state index contributed by atoms with van der Waals surface area (Å²) in [5, 5.41) is 3.21. The van der Waals surface area contributed by atoms with Crippen LogP contribution in [0.1, 0.15) is 20.9 Å². The highest BCUT2D eigenvalue weighted by Crippen LogP contribution is 2.21. The Labute approximate surface area is 152 Å². The molecule has 1 aliphatic rings. The molecule has 0 aliphatic carbocycles. The van der Waals surface area contributed by atoms with E-state index in [0.717, 1.165) is 54.9 Å². The van der Waals surface area contributed by atoms with Crippen LogP contribution in [-0.4, -0.2) is 43.5 Å². The second-order valence-electron chi connectivity index (χ2n) is 7.03. The number of H-pyrrole nitrogens is 1. The summed E-state index contributed by atoms with van der Waals surface area (Å²) in [5.74, 6) is 0.270. The van der Waals surface area contributed by atoms with Crippen molar-refractivity contribution in [2.24, 2.45) is 0 Å². The van der Waals surface area contributed by atoms with Crippen molar-refractivity contribution in [1.82, 2.24) is 4.98 Å². The highest BCUT2D eigenvalue weighted by atomic mass is 32.1. The Kier molecular flexibility index (Phi) is 4.70. The van der Waals surface area contributed by atoms with E-state index in [0.29, 0.717) is 6.54 Å². The van der Waals surface area contributed by atoms with Crippen LogP contribution >= 0.6 is 11.3 Å². The van der Waals surface area contributed by atoms with Crippen molar-refractivity contribution in [2.75, 3.05) is 32.7 Å². The smallest absolute Gasteiger partial charge is 0.219 e.